The Hall–Kier alpha value is -1.88. The van der Waals surface area contributed by atoms with Crippen LogP contribution in [0.1, 0.15) is 63.7 Å². The number of benzene rings is 1. The van der Waals surface area contributed by atoms with Gasteiger partial charge < -0.3 is 14.8 Å². The van der Waals surface area contributed by atoms with Crippen LogP contribution in [0.3, 0.4) is 0 Å². The monoisotopic (exact) mass is 354 g/mol. The molecule has 4 rings (SSSR count). The molecule has 1 aromatic heterocycles. The summed E-state index contributed by atoms with van der Waals surface area (Å²) in [4.78, 5) is 20.0. The number of fused-ring (bicyclic) bond motifs is 1. The maximum atomic E-state index is 13.0. The van der Waals surface area contributed by atoms with Crippen molar-refractivity contribution in [2.75, 3.05) is 19.6 Å². The third-order valence-corrected chi connectivity index (χ3v) is 5.85. The van der Waals surface area contributed by atoms with E-state index in [0.717, 1.165) is 56.7 Å². The summed E-state index contributed by atoms with van der Waals surface area (Å²) in [7, 11) is 0. The summed E-state index contributed by atoms with van der Waals surface area (Å²) in [5.74, 6) is 1.77. The highest BCUT2D eigenvalue weighted by atomic mass is 16.2. The number of aromatic nitrogens is 2. The molecule has 0 radical (unpaired) electrons. The molecule has 2 aliphatic heterocycles. The Balaban J connectivity index is 1.59. The van der Waals surface area contributed by atoms with Gasteiger partial charge in [-0.15, -0.1) is 0 Å². The molecule has 0 spiro atoms. The lowest BCUT2D eigenvalue weighted by atomic mass is 9.95. The predicted octanol–water partition coefficient (Wildman–Crippen LogP) is 3.47. The molecule has 1 amide bonds. The molecule has 26 heavy (non-hydrogen) atoms. The predicted molar refractivity (Wildman–Crippen MR) is 104 cm³/mol. The van der Waals surface area contributed by atoms with Crippen LogP contribution in [0.4, 0.5) is 0 Å². The number of amides is 1. The van der Waals surface area contributed by atoms with Crippen molar-refractivity contribution in [2.24, 2.45) is 0 Å². The molecule has 0 bridgehead atoms. The smallest absolute Gasteiger partial charge is 0.239 e. The third kappa shape index (κ3) is 3.25. The van der Waals surface area contributed by atoms with E-state index in [9.17, 15) is 4.79 Å². The summed E-state index contributed by atoms with van der Waals surface area (Å²) in [6.07, 6.45) is 5.49. The first-order valence-electron chi connectivity index (χ1n) is 10.1. The lowest BCUT2D eigenvalue weighted by Crippen LogP contribution is -2.51. The van der Waals surface area contributed by atoms with Crippen molar-refractivity contribution in [1.82, 2.24) is 19.8 Å². The molecule has 3 heterocycles. The van der Waals surface area contributed by atoms with Gasteiger partial charge in [-0.3, -0.25) is 4.79 Å². The molecule has 1 unspecified atom stereocenters. The maximum absolute atomic E-state index is 13.0. The number of hydrogen-bond donors (Lipinski definition) is 1. The lowest BCUT2D eigenvalue weighted by molar-refractivity contribution is -0.135. The summed E-state index contributed by atoms with van der Waals surface area (Å²) in [6.45, 7) is 7.09. The number of nitrogens with one attached hydrogen (secondary N) is 1. The molecule has 1 aromatic carbocycles. The second kappa shape index (κ2) is 7.39. The van der Waals surface area contributed by atoms with Gasteiger partial charge in [-0.2, -0.15) is 0 Å². The molecule has 1 N–H and O–H groups in total. The fraction of sp³-hybridized carbons (Fsp3) is 0.619. The van der Waals surface area contributed by atoms with Gasteiger partial charge >= 0.3 is 0 Å². The van der Waals surface area contributed by atoms with Crippen molar-refractivity contribution in [3.05, 3.63) is 30.1 Å². The lowest BCUT2D eigenvalue weighted by Gasteiger charge is -2.36. The van der Waals surface area contributed by atoms with E-state index in [1.165, 1.54) is 11.9 Å². The van der Waals surface area contributed by atoms with E-state index in [0.29, 0.717) is 17.9 Å². The van der Waals surface area contributed by atoms with Crippen molar-refractivity contribution in [1.29, 1.82) is 0 Å². The van der Waals surface area contributed by atoms with Gasteiger partial charge in [0.15, 0.2) is 0 Å². The molecule has 5 heteroatoms. The van der Waals surface area contributed by atoms with Crippen molar-refractivity contribution < 1.29 is 4.79 Å². The molecular formula is C21H30N4O. The minimum atomic E-state index is 0.0198. The zero-order chi connectivity index (χ0) is 18.1. The van der Waals surface area contributed by atoms with Crippen LogP contribution in [0.5, 0.6) is 0 Å². The van der Waals surface area contributed by atoms with E-state index in [1.807, 2.05) is 0 Å². The first kappa shape index (κ1) is 17.5. The van der Waals surface area contributed by atoms with Gasteiger partial charge in [-0.05, 0) is 58.2 Å². The number of imidazole rings is 1. The second-order valence-corrected chi connectivity index (χ2v) is 8.05. The Labute approximate surface area is 155 Å². The molecular weight excluding hydrogens is 324 g/mol. The molecule has 5 nitrogen and oxygen atoms in total. The fourth-order valence-electron chi connectivity index (χ4n) is 4.56. The van der Waals surface area contributed by atoms with Crippen LogP contribution in [0.15, 0.2) is 24.3 Å². The molecule has 2 aromatic rings. The Bertz CT molecular complexity index is 775. The van der Waals surface area contributed by atoms with E-state index in [4.69, 9.17) is 4.98 Å². The van der Waals surface area contributed by atoms with Crippen LogP contribution in [0.2, 0.25) is 0 Å². The summed E-state index contributed by atoms with van der Waals surface area (Å²) in [5, 5.41) is 3.41. The van der Waals surface area contributed by atoms with Gasteiger partial charge in [-0.1, -0.05) is 18.6 Å². The van der Waals surface area contributed by atoms with Crippen LogP contribution in [0, 0.1) is 0 Å². The molecule has 2 fully saturated rings. The van der Waals surface area contributed by atoms with Crippen molar-refractivity contribution >= 4 is 16.9 Å². The minimum absolute atomic E-state index is 0.0198. The highest BCUT2D eigenvalue weighted by Crippen LogP contribution is 2.32. The van der Waals surface area contributed by atoms with Gasteiger partial charge in [0, 0.05) is 25.0 Å². The minimum Gasteiger partial charge on any atom is -0.341 e. The number of piperidine rings is 2. The topological polar surface area (TPSA) is 50.2 Å². The SMILES string of the molecule is CC(C)n1c(C2CCCN(C(=O)[C@H]3CCCCN3)C2)nc2ccccc21. The first-order chi connectivity index (χ1) is 12.6. The standard InChI is InChI=1S/C21H30N4O/c1-15(2)25-19-11-4-3-9-17(19)23-20(25)16-8-7-13-24(14-16)21(26)18-10-5-6-12-22-18/h3-4,9,11,15-16,18,22H,5-8,10,12-14H2,1-2H3/t16?,18-/m1/s1. The molecule has 0 aliphatic carbocycles. The molecule has 0 saturated carbocycles. The molecule has 2 aliphatic rings. The normalized spacial score (nSPS) is 24.3. The van der Waals surface area contributed by atoms with Crippen molar-refractivity contribution in [3.8, 4) is 0 Å². The van der Waals surface area contributed by atoms with Crippen LogP contribution < -0.4 is 5.32 Å². The van der Waals surface area contributed by atoms with Gasteiger partial charge in [0.2, 0.25) is 5.91 Å². The Kier molecular flexibility index (Phi) is 4.98. The molecule has 2 atom stereocenters. The number of para-hydroxylation sites is 2. The number of nitrogens with zero attached hydrogens (tertiary/aromatic N) is 3. The molecule has 140 valence electrons. The summed E-state index contributed by atoms with van der Waals surface area (Å²) in [6, 6.07) is 8.77. The highest BCUT2D eigenvalue weighted by molar-refractivity contribution is 5.82. The van der Waals surface area contributed by atoms with Gasteiger partial charge in [-0.25, -0.2) is 4.98 Å². The van der Waals surface area contributed by atoms with Crippen molar-refractivity contribution in [2.45, 2.75) is 64.0 Å². The van der Waals surface area contributed by atoms with E-state index in [2.05, 4.69) is 52.9 Å². The zero-order valence-corrected chi connectivity index (χ0v) is 15.9. The van der Waals surface area contributed by atoms with Crippen LogP contribution in [-0.2, 0) is 4.79 Å². The first-order valence-corrected chi connectivity index (χ1v) is 10.1. The van der Waals surface area contributed by atoms with Gasteiger partial charge in [0.1, 0.15) is 5.82 Å². The Morgan fingerprint density at radius 2 is 2.04 bits per heavy atom. The van der Waals surface area contributed by atoms with E-state index in [-0.39, 0.29) is 6.04 Å². The zero-order valence-electron chi connectivity index (χ0n) is 15.9. The van der Waals surface area contributed by atoms with Crippen LogP contribution in [0.25, 0.3) is 11.0 Å². The average molecular weight is 354 g/mol. The summed E-state index contributed by atoms with van der Waals surface area (Å²) in [5.41, 5.74) is 2.27. The maximum Gasteiger partial charge on any atom is 0.239 e. The molecule has 2 saturated heterocycles. The van der Waals surface area contributed by atoms with E-state index < -0.39 is 0 Å². The number of carbonyl (C=O) groups excluding carboxylic acids is 1. The van der Waals surface area contributed by atoms with E-state index in [1.54, 1.807) is 0 Å². The Morgan fingerprint density at radius 1 is 1.19 bits per heavy atom. The Morgan fingerprint density at radius 3 is 2.81 bits per heavy atom. The second-order valence-electron chi connectivity index (χ2n) is 8.05. The van der Waals surface area contributed by atoms with E-state index >= 15 is 0 Å². The quantitative estimate of drug-likeness (QED) is 0.918. The number of likely N-dealkylation sites (tertiary alicyclic amines) is 1. The largest absolute Gasteiger partial charge is 0.341 e. The number of rotatable bonds is 3. The van der Waals surface area contributed by atoms with Crippen molar-refractivity contribution in [3.63, 3.8) is 0 Å². The highest BCUT2D eigenvalue weighted by Gasteiger charge is 2.32. The van der Waals surface area contributed by atoms with Gasteiger partial charge in [0.05, 0.1) is 17.1 Å². The fourth-order valence-corrected chi connectivity index (χ4v) is 4.56. The number of hydrogen-bond acceptors (Lipinski definition) is 3. The van der Waals surface area contributed by atoms with Gasteiger partial charge in [0.25, 0.3) is 0 Å². The summed E-state index contributed by atoms with van der Waals surface area (Å²) < 4.78 is 2.37. The third-order valence-electron chi connectivity index (χ3n) is 5.85. The average Bonchev–Trinajstić information content (AvgIpc) is 3.08. The van der Waals surface area contributed by atoms with Crippen LogP contribution in [-0.4, -0.2) is 46.0 Å². The van der Waals surface area contributed by atoms with Crippen LogP contribution >= 0.6 is 0 Å². The summed E-state index contributed by atoms with van der Waals surface area (Å²) >= 11 is 0. The number of carbonyl (C=O) groups is 1.